The number of thioether (sulfide) groups is 1. The van der Waals surface area contributed by atoms with Crippen LogP contribution in [0.5, 0.6) is 0 Å². The third kappa shape index (κ3) is 4.27. The zero-order valence-electron chi connectivity index (χ0n) is 13.5. The number of rotatable bonds is 5. The summed E-state index contributed by atoms with van der Waals surface area (Å²) >= 11 is 7.49. The van der Waals surface area contributed by atoms with E-state index in [-0.39, 0.29) is 5.91 Å². The van der Waals surface area contributed by atoms with Crippen LogP contribution >= 0.6 is 23.4 Å². The summed E-state index contributed by atoms with van der Waals surface area (Å²) in [5, 5.41) is 16.0. The van der Waals surface area contributed by atoms with Crippen LogP contribution in [-0.2, 0) is 4.79 Å². The highest BCUT2D eigenvalue weighted by Gasteiger charge is 2.17. The van der Waals surface area contributed by atoms with E-state index in [2.05, 4.69) is 20.8 Å². The molecule has 1 aromatic heterocycles. The number of carbonyl (C=O) groups is 1. The molecule has 0 atom stereocenters. The van der Waals surface area contributed by atoms with Gasteiger partial charge in [-0.1, -0.05) is 48.7 Å². The molecule has 128 valence electrons. The fraction of sp³-hybridized carbons (Fsp3) is 0.500. The molecule has 1 fully saturated rings. The van der Waals surface area contributed by atoms with Crippen molar-refractivity contribution in [3.63, 3.8) is 0 Å². The van der Waals surface area contributed by atoms with Gasteiger partial charge in [-0.3, -0.25) is 4.79 Å². The van der Waals surface area contributed by atoms with Gasteiger partial charge in [0, 0.05) is 11.1 Å². The molecule has 6 nitrogen and oxygen atoms in total. The Morgan fingerprint density at radius 2 is 2.17 bits per heavy atom. The molecular weight excluding hydrogens is 346 g/mol. The molecule has 0 aliphatic heterocycles. The van der Waals surface area contributed by atoms with E-state index in [1.54, 1.807) is 4.68 Å². The van der Waals surface area contributed by atoms with Gasteiger partial charge in [0.15, 0.2) is 0 Å². The number of nitrogens with one attached hydrogen (secondary N) is 1. The Hall–Kier alpha value is -1.60. The van der Waals surface area contributed by atoms with E-state index in [0.29, 0.717) is 22.0 Å². The fourth-order valence-electron chi connectivity index (χ4n) is 2.79. The number of nitrogens with zero attached hydrogens (tertiary/aromatic N) is 4. The molecule has 1 aliphatic carbocycles. The summed E-state index contributed by atoms with van der Waals surface area (Å²) in [6, 6.07) is 5.96. The molecule has 0 unspecified atom stereocenters. The molecular formula is C16H20ClN5OS. The van der Waals surface area contributed by atoms with Gasteiger partial charge in [-0.25, -0.2) is 0 Å². The van der Waals surface area contributed by atoms with Crippen LogP contribution in [0.1, 0.15) is 37.7 Å². The smallest absolute Gasteiger partial charge is 0.230 e. The number of halogens is 1. The molecule has 1 N–H and O–H groups in total. The van der Waals surface area contributed by atoms with Crippen molar-refractivity contribution < 1.29 is 4.79 Å². The third-order valence-corrected chi connectivity index (χ3v) is 5.47. The van der Waals surface area contributed by atoms with Crippen LogP contribution < -0.4 is 5.32 Å². The maximum absolute atomic E-state index is 12.1. The SMILES string of the molecule is Cc1ccc(-n2nnnc2SCC(=O)NC2CCCCC2)cc1Cl. The van der Waals surface area contributed by atoms with E-state index in [1.165, 1.54) is 31.0 Å². The van der Waals surface area contributed by atoms with Gasteiger partial charge in [0.05, 0.1) is 11.4 Å². The Morgan fingerprint density at radius 1 is 1.38 bits per heavy atom. The lowest BCUT2D eigenvalue weighted by atomic mass is 9.95. The first-order valence-electron chi connectivity index (χ1n) is 8.10. The van der Waals surface area contributed by atoms with Crippen molar-refractivity contribution in [1.82, 2.24) is 25.5 Å². The molecule has 2 aromatic rings. The summed E-state index contributed by atoms with van der Waals surface area (Å²) in [7, 11) is 0. The molecule has 0 radical (unpaired) electrons. The van der Waals surface area contributed by atoms with E-state index in [0.717, 1.165) is 24.1 Å². The van der Waals surface area contributed by atoms with Crippen molar-refractivity contribution in [3.05, 3.63) is 28.8 Å². The van der Waals surface area contributed by atoms with Gasteiger partial charge in [0.2, 0.25) is 11.1 Å². The molecule has 1 aromatic carbocycles. The van der Waals surface area contributed by atoms with E-state index in [1.807, 2.05) is 25.1 Å². The summed E-state index contributed by atoms with van der Waals surface area (Å²) in [4.78, 5) is 12.1. The van der Waals surface area contributed by atoms with E-state index in [9.17, 15) is 4.79 Å². The molecule has 1 aliphatic rings. The first-order chi connectivity index (χ1) is 11.6. The average molecular weight is 366 g/mol. The quantitative estimate of drug-likeness (QED) is 0.824. The number of benzene rings is 1. The van der Waals surface area contributed by atoms with Crippen LogP contribution in [0.4, 0.5) is 0 Å². The summed E-state index contributed by atoms with van der Waals surface area (Å²) in [5.74, 6) is 0.333. The predicted molar refractivity (Wildman–Crippen MR) is 94.6 cm³/mol. The minimum atomic E-state index is 0.0309. The highest BCUT2D eigenvalue weighted by Crippen LogP contribution is 2.23. The first kappa shape index (κ1) is 17.2. The Morgan fingerprint density at radius 3 is 2.92 bits per heavy atom. The Balaban J connectivity index is 1.61. The van der Waals surface area contributed by atoms with Gasteiger partial charge in [0.25, 0.3) is 0 Å². The lowest BCUT2D eigenvalue weighted by Crippen LogP contribution is -2.37. The molecule has 0 saturated heterocycles. The number of aryl methyl sites for hydroxylation is 1. The number of aromatic nitrogens is 4. The Bertz CT molecular complexity index is 714. The van der Waals surface area contributed by atoms with Crippen LogP contribution in [0.25, 0.3) is 5.69 Å². The zero-order chi connectivity index (χ0) is 16.9. The van der Waals surface area contributed by atoms with Gasteiger partial charge in [-0.15, -0.1) is 5.10 Å². The number of hydrogen-bond acceptors (Lipinski definition) is 5. The molecule has 24 heavy (non-hydrogen) atoms. The van der Waals surface area contributed by atoms with Crippen molar-refractivity contribution in [2.75, 3.05) is 5.75 Å². The topological polar surface area (TPSA) is 72.7 Å². The summed E-state index contributed by atoms with van der Waals surface area (Å²) in [6.07, 6.45) is 5.83. The highest BCUT2D eigenvalue weighted by atomic mass is 35.5. The fourth-order valence-corrected chi connectivity index (χ4v) is 3.67. The molecule has 1 saturated carbocycles. The number of amides is 1. The van der Waals surface area contributed by atoms with Gasteiger partial charge in [-0.2, -0.15) is 4.68 Å². The van der Waals surface area contributed by atoms with Gasteiger partial charge in [-0.05, 0) is 47.9 Å². The van der Waals surface area contributed by atoms with E-state index in [4.69, 9.17) is 11.6 Å². The second-order valence-corrected chi connectivity index (χ2v) is 7.35. The zero-order valence-corrected chi connectivity index (χ0v) is 15.1. The van der Waals surface area contributed by atoms with Gasteiger partial charge >= 0.3 is 0 Å². The maximum Gasteiger partial charge on any atom is 0.230 e. The highest BCUT2D eigenvalue weighted by molar-refractivity contribution is 7.99. The number of hydrogen-bond donors (Lipinski definition) is 1. The third-order valence-electron chi connectivity index (χ3n) is 4.14. The minimum absolute atomic E-state index is 0.0309. The van der Waals surface area contributed by atoms with Crippen molar-refractivity contribution in [3.8, 4) is 5.69 Å². The van der Waals surface area contributed by atoms with Gasteiger partial charge in [0.1, 0.15) is 0 Å². The summed E-state index contributed by atoms with van der Waals surface area (Å²) < 4.78 is 1.60. The van der Waals surface area contributed by atoms with Crippen LogP contribution in [-0.4, -0.2) is 37.9 Å². The van der Waals surface area contributed by atoms with Crippen LogP contribution in [0.2, 0.25) is 5.02 Å². The normalized spacial score (nSPS) is 15.4. The van der Waals surface area contributed by atoms with Crippen molar-refractivity contribution in [1.29, 1.82) is 0 Å². The summed E-state index contributed by atoms with van der Waals surface area (Å²) in [6.45, 7) is 1.94. The maximum atomic E-state index is 12.1. The second kappa shape index (κ2) is 7.98. The minimum Gasteiger partial charge on any atom is -0.353 e. The predicted octanol–water partition coefficient (Wildman–Crippen LogP) is 3.17. The standard InChI is InChI=1S/C16H20ClN5OS/c1-11-7-8-13(9-14(11)17)22-16(19-20-21-22)24-10-15(23)18-12-5-3-2-4-6-12/h7-9,12H,2-6,10H2,1H3,(H,18,23). The molecule has 0 spiro atoms. The van der Waals surface area contributed by atoms with E-state index < -0.39 is 0 Å². The molecule has 1 heterocycles. The molecule has 0 bridgehead atoms. The summed E-state index contributed by atoms with van der Waals surface area (Å²) in [5.41, 5.74) is 1.78. The average Bonchev–Trinajstić information content (AvgIpc) is 3.05. The van der Waals surface area contributed by atoms with Crippen molar-refractivity contribution in [2.45, 2.75) is 50.2 Å². The number of tetrazole rings is 1. The van der Waals surface area contributed by atoms with Crippen molar-refractivity contribution in [2.24, 2.45) is 0 Å². The lowest BCUT2D eigenvalue weighted by molar-refractivity contribution is -0.119. The van der Waals surface area contributed by atoms with E-state index >= 15 is 0 Å². The lowest BCUT2D eigenvalue weighted by Gasteiger charge is -2.22. The van der Waals surface area contributed by atoms with Crippen molar-refractivity contribution >= 4 is 29.3 Å². The largest absolute Gasteiger partial charge is 0.353 e. The molecule has 8 heteroatoms. The van der Waals surface area contributed by atoms with Crippen LogP contribution in [0.3, 0.4) is 0 Å². The Labute approximate surface area is 150 Å². The van der Waals surface area contributed by atoms with Gasteiger partial charge < -0.3 is 5.32 Å². The second-order valence-electron chi connectivity index (χ2n) is 6.00. The van der Waals surface area contributed by atoms with Crippen LogP contribution in [0.15, 0.2) is 23.4 Å². The monoisotopic (exact) mass is 365 g/mol. The number of carbonyl (C=O) groups excluding carboxylic acids is 1. The Kier molecular flexibility index (Phi) is 5.73. The van der Waals surface area contributed by atoms with Crippen LogP contribution in [0, 0.1) is 6.92 Å². The first-order valence-corrected chi connectivity index (χ1v) is 9.47. The molecule has 3 rings (SSSR count). The molecule has 1 amide bonds.